The summed E-state index contributed by atoms with van der Waals surface area (Å²) in [4.78, 5) is 43.5. The second-order valence-corrected chi connectivity index (χ2v) is 49.6. The number of halogens is 5. The first-order valence-corrected chi connectivity index (χ1v) is 45.7. The van der Waals surface area contributed by atoms with Gasteiger partial charge in [0.05, 0.1) is 16.1 Å². The Kier molecular flexibility index (Phi) is 37.5. The molecule has 1 heterocycles. The molecule has 1 aromatic rings. The quantitative estimate of drug-likeness (QED) is 0.0450. The number of aromatic nitrogens is 3. The Hall–Kier alpha value is -0.925. The molecule has 0 bridgehead atoms. The molecule has 504 valence electrons. The fourth-order valence-electron chi connectivity index (χ4n) is 11.6. The van der Waals surface area contributed by atoms with Crippen molar-refractivity contribution in [1.29, 1.82) is 0 Å². The molecule has 1 aromatic heterocycles. The van der Waals surface area contributed by atoms with Gasteiger partial charge in [-0.25, -0.2) is 28.1 Å². The Morgan fingerprint density at radius 3 is 0.600 bits per heavy atom. The van der Waals surface area contributed by atoms with Crippen molar-refractivity contribution >= 4 is 69.0 Å². The standard InChI is InChI=1S/C48H104F5N3O21Si8/c1-60-80(61-2,62-3)37-21-31-78(32-22-38-81(63-4,64-5)65-6,33-23-39-82(66-7,67-8)68-9)29-19-27-54-44(57)55(46(59)56(45(54)58)43-47(49,50)48(51,52)53)28-20-30-79(34-24-40-83(69-10,70-11)71-12,35-25-41-84(72-13,73-14)74-15)36-26-42-85(75-16,76-17)77-18/h19-43H2,1-18H3. The summed E-state index contributed by atoms with van der Waals surface area (Å²) in [6.45, 7) is -3.16. The summed E-state index contributed by atoms with van der Waals surface area (Å²) >= 11 is 0. The zero-order valence-corrected chi connectivity index (χ0v) is 62.0. The van der Waals surface area contributed by atoms with E-state index in [1.54, 1.807) is 0 Å². The molecule has 0 unspecified atom stereocenters. The second-order valence-electron chi connectivity index (χ2n) is 21.0. The van der Waals surface area contributed by atoms with Crippen LogP contribution in [-0.4, -0.2) is 223 Å². The van der Waals surface area contributed by atoms with Gasteiger partial charge in [0, 0.05) is 177 Å². The van der Waals surface area contributed by atoms with Crippen molar-refractivity contribution in [3.8, 4) is 0 Å². The van der Waals surface area contributed by atoms with Crippen LogP contribution in [0, 0.1) is 0 Å². The molecule has 37 heteroatoms. The van der Waals surface area contributed by atoms with Crippen LogP contribution in [-0.2, 0) is 99.3 Å². The van der Waals surface area contributed by atoms with Crippen molar-refractivity contribution in [3.05, 3.63) is 31.5 Å². The summed E-state index contributed by atoms with van der Waals surface area (Å²) in [7, 11) is 3.43. The molecule has 24 nitrogen and oxygen atoms in total. The first-order valence-electron chi connectivity index (χ1n) is 28.4. The maximum absolute atomic E-state index is 15.2. The molecule has 0 aromatic carbocycles. The number of nitrogens with zero attached hydrogens (tertiary/aromatic N) is 3. The number of hydrogen-bond acceptors (Lipinski definition) is 21. The topological polar surface area (TPSA) is 232 Å². The van der Waals surface area contributed by atoms with E-state index in [4.69, 9.17) is 79.7 Å². The largest absolute Gasteiger partial charge is 0.500 e. The van der Waals surface area contributed by atoms with E-state index in [1.807, 2.05) is 0 Å². The molecule has 1 rings (SSSR count). The zero-order chi connectivity index (χ0) is 64.9. The average Bonchev–Trinajstić information content (AvgIpc) is 1.97. The van der Waals surface area contributed by atoms with Crippen molar-refractivity contribution < 1.29 is 102 Å². The van der Waals surface area contributed by atoms with E-state index in [9.17, 15) is 27.6 Å². The third-order valence-electron chi connectivity index (χ3n) is 17.1. The van der Waals surface area contributed by atoms with Crippen molar-refractivity contribution in [2.75, 3.05) is 128 Å². The normalized spacial score (nSPS) is 13.9. The van der Waals surface area contributed by atoms with Gasteiger partial charge in [0.1, 0.15) is 6.54 Å². The number of alkyl halides is 5. The van der Waals surface area contributed by atoms with E-state index in [0.29, 0.717) is 132 Å². The fraction of sp³-hybridized carbons (Fsp3) is 0.938. The summed E-state index contributed by atoms with van der Waals surface area (Å²) in [5.74, 6) is -5.52. The second kappa shape index (κ2) is 38.8. The zero-order valence-electron chi connectivity index (χ0n) is 54.0. The molecule has 0 radical (unpaired) electrons. The maximum atomic E-state index is 15.2. The molecule has 0 spiro atoms. The molecule has 0 aliphatic rings. The lowest BCUT2D eigenvalue weighted by Gasteiger charge is -2.35. The van der Waals surface area contributed by atoms with Crippen molar-refractivity contribution in [2.45, 2.75) is 168 Å². The molecule has 0 amide bonds. The monoisotopic (exact) mass is 1380 g/mol. The first-order chi connectivity index (χ1) is 40.1. The summed E-state index contributed by atoms with van der Waals surface area (Å²) in [5.41, 5.74) is -4.30. The van der Waals surface area contributed by atoms with Crippen LogP contribution in [0.5, 0.6) is 0 Å². The van der Waals surface area contributed by atoms with Crippen LogP contribution in [0.4, 0.5) is 22.0 Å². The highest BCUT2D eigenvalue weighted by Gasteiger charge is 2.58. The third-order valence-corrected chi connectivity index (χ3v) is 45.4. The van der Waals surface area contributed by atoms with E-state index in [-0.39, 0.29) is 17.4 Å². The van der Waals surface area contributed by atoms with Crippen LogP contribution in [0.3, 0.4) is 0 Å². The highest BCUT2D eigenvalue weighted by atomic mass is 28.4. The van der Waals surface area contributed by atoms with Gasteiger partial charge in [-0.2, -0.15) is 22.0 Å². The fourth-order valence-corrected chi connectivity index (χ4v) is 34.5. The van der Waals surface area contributed by atoms with E-state index in [2.05, 4.69) is 0 Å². The van der Waals surface area contributed by atoms with Crippen LogP contribution >= 0.6 is 0 Å². The number of hydrogen-bond donors (Lipinski definition) is 0. The predicted octanol–water partition coefficient (Wildman–Crippen LogP) is 7.66. The molecule has 0 saturated carbocycles. The highest BCUT2D eigenvalue weighted by Crippen LogP contribution is 2.40. The van der Waals surface area contributed by atoms with E-state index >= 15 is 8.78 Å². The van der Waals surface area contributed by atoms with Gasteiger partial charge >= 0.3 is 82.0 Å². The van der Waals surface area contributed by atoms with Crippen molar-refractivity contribution in [2.24, 2.45) is 0 Å². The van der Waals surface area contributed by atoms with Gasteiger partial charge in [-0.1, -0.05) is 86.9 Å². The van der Waals surface area contributed by atoms with Crippen LogP contribution in [0.1, 0.15) is 51.4 Å². The summed E-state index contributed by atoms with van der Waals surface area (Å²) in [6, 6.07) is 7.49. The van der Waals surface area contributed by atoms with Gasteiger partial charge < -0.3 is 79.7 Å². The molecule has 0 aliphatic heterocycles. The smallest absolute Gasteiger partial charge is 0.377 e. The predicted molar refractivity (Wildman–Crippen MR) is 327 cm³/mol. The van der Waals surface area contributed by atoms with E-state index < -0.39 is 118 Å². The Balaban J connectivity index is 4.27. The van der Waals surface area contributed by atoms with Crippen LogP contribution in [0.2, 0.25) is 84.6 Å². The minimum atomic E-state index is -6.14. The summed E-state index contributed by atoms with van der Waals surface area (Å²) in [5, 5.41) is 0. The van der Waals surface area contributed by atoms with Gasteiger partial charge in [-0.05, 0) is 12.8 Å². The van der Waals surface area contributed by atoms with Gasteiger partial charge in [0.25, 0.3) is 0 Å². The minimum absolute atomic E-state index is 0.106. The summed E-state index contributed by atoms with van der Waals surface area (Å²) < 4.78 is 177. The van der Waals surface area contributed by atoms with E-state index in [0.717, 1.165) is 0 Å². The highest BCUT2D eigenvalue weighted by molar-refractivity contribution is 6.81. The van der Waals surface area contributed by atoms with Crippen LogP contribution < -0.4 is 17.1 Å². The molecular formula is C48H104F5N3O21Si8. The van der Waals surface area contributed by atoms with Gasteiger partial charge in [0.2, 0.25) is 0 Å². The average molecular weight is 1380 g/mol. The first kappa shape index (κ1) is 82.1. The maximum Gasteiger partial charge on any atom is 0.500 e. The lowest BCUT2D eigenvalue weighted by molar-refractivity contribution is -0.287. The Labute approximate surface area is 509 Å². The lowest BCUT2D eigenvalue weighted by Crippen LogP contribution is -2.57. The number of rotatable bonds is 52. The van der Waals surface area contributed by atoms with Crippen molar-refractivity contribution in [3.63, 3.8) is 0 Å². The summed E-state index contributed by atoms with van der Waals surface area (Å²) in [6.07, 6.45) is -2.42. The molecule has 0 aliphatic carbocycles. The molecule has 0 saturated heterocycles. The lowest BCUT2D eigenvalue weighted by atomic mass is 10.3. The van der Waals surface area contributed by atoms with E-state index in [1.165, 1.54) is 128 Å². The third kappa shape index (κ3) is 23.3. The molecule has 85 heavy (non-hydrogen) atoms. The Bertz CT molecular complexity index is 1880. The van der Waals surface area contributed by atoms with Gasteiger partial charge in [-0.3, -0.25) is 0 Å². The molecular weight excluding hydrogens is 1270 g/mol. The van der Waals surface area contributed by atoms with Crippen LogP contribution in [0.25, 0.3) is 0 Å². The van der Waals surface area contributed by atoms with Gasteiger partial charge in [-0.15, -0.1) is 0 Å². The van der Waals surface area contributed by atoms with Crippen LogP contribution in [0.15, 0.2) is 14.4 Å². The molecule has 0 atom stereocenters. The van der Waals surface area contributed by atoms with Crippen molar-refractivity contribution in [1.82, 2.24) is 13.7 Å². The molecule has 0 fully saturated rings. The Morgan fingerprint density at radius 2 is 0.435 bits per heavy atom. The molecule has 0 N–H and O–H groups in total. The van der Waals surface area contributed by atoms with Gasteiger partial charge in [0.15, 0.2) is 0 Å². The SMILES string of the molecule is CO[Si](CCC[Si](CCCn1c(=O)n(CCC[Si](CCC[Si](OC)(OC)OC)(CCC[Si](OC)(OC)OC)CCC[Si](OC)(OC)OC)c(=O)n(CC(F)(F)C(F)(F)F)c1=O)(CCC[Si](OC)(OC)OC)CCC[Si](OC)(OC)OC)(OC)OC. The Morgan fingerprint density at radius 1 is 0.271 bits per heavy atom. The minimum Gasteiger partial charge on any atom is -0.377 e.